The van der Waals surface area contributed by atoms with Gasteiger partial charge in [-0.1, -0.05) is 51.6 Å². The maximum atomic E-state index is 13.2. The first-order chi connectivity index (χ1) is 15.5. The molecule has 1 unspecified atom stereocenters. The van der Waals surface area contributed by atoms with Gasteiger partial charge in [-0.2, -0.15) is 0 Å². The van der Waals surface area contributed by atoms with E-state index in [4.69, 9.17) is 0 Å². The number of anilines is 1. The molecule has 0 amide bonds. The minimum Gasteiger partial charge on any atom is -0.362 e. The largest absolute Gasteiger partial charge is 0.362 e. The van der Waals surface area contributed by atoms with Gasteiger partial charge in [-0.15, -0.1) is 0 Å². The maximum Gasteiger partial charge on any atom is 0.164 e. The highest BCUT2D eigenvalue weighted by Crippen LogP contribution is 2.31. The molecule has 3 rings (SSSR count). The highest BCUT2D eigenvalue weighted by molar-refractivity contribution is 8.06. The summed E-state index contributed by atoms with van der Waals surface area (Å²) in [5.41, 5.74) is 2.03. The second-order valence-corrected chi connectivity index (χ2v) is 8.20. The van der Waals surface area contributed by atoms with Crippen LogP contribution in [0.3, 0.4) is 0 Å². The zero-order valence-electron chi connectivity index (χ0n) is 19.7. The zero-order chi connectivity index (χ0) is 23.5. The predicted molar refractivity (Wildman–Crippen MR) is 135 cm³/mol. The van der Waals surface area contributed by atoms with E-state index in [1.165, 1.54) is 28.4 Å². The molecule has 7 heteroatoms. The summed E-state index contributed by atoms with van der Waals surface area (Å²) >= 11 is 1.78. The molecule has 0 aliphatic rings. The van der Waals surface area contributed by atoms with Gasteiger partial charge < -0.3 is 5.32 Å². The number of aromatic nitrogens is 4. The third-order valence-electron chi connectivity index (χ3n) is 4.47. The van der Waals surface area contributed by atoms with Crippen molar-refractivity contribution < 1.29 is 4.39 Å². The van der Waals surface area contributed by atoms with Crippen LogP contribution >= 0.6 is 11.8 Å². The monoisotopic (exact) mass is 453 g/mol. The van der Waals surface area contributed by atoms with Crippen LogP contribution in [-0.4, -0.2) is 26.0 Å². The lowest BCUT2D eigenvalue weighted by molar-refractivity contribution is 0.622. The summed E-state index contributed by atoms with van der Waals surface area (Å²) in [6.45, 7) is 12.5. The second-order valence-electron chi connectivity index (χ2n) is 6.88. The Balaban J connectivity index is 0.00000176. The topological polar surface area (TPSA) is 63.6 Å². The van der Waals surface area contributed by atoms with Gasteiger partial charge in [0.1, 0.15) is 18.0 Å². The first-order valence-corrected chi connectivity index (χ1v) is 11.9. The number of rotatable bonds is 8. The van der Waals surface area contributed by atoms with Crippen molar-refractivity contribution in [2.45, 2.75) is 60.4 Å². The normalized spacial score (nSPS) is 12.8. The van der Waals surface area contributed by atoms with Gasteiger partial charge in [0.2, 0.25) is 0 Å². The van der Waals surface area contributed by atoms with Crippen LogP contribution in [0.1, 0.15) is 54.4 Å². The van der Waals surface area contributed by atoms with E-state index in [9.17, 15) is 4.39 Å². The first-order valence-electron chi connectivity index (χ1n) is 11.1. The van der Waals surface area contributed by atoms with Crippen molar-refractivity contribution in [3.8, 4) is 11.3 Å². The van der Waals surface area contributed by atoms with E-state index >= 15 is 0 Å². The van der Waals surface area contributed by atoms with Gasteiger partial charge in [0.05, 0.1) is 23.3 Å². The fourth-order valence-corrected chi connectivity index (χ4v) is 4.15. The Morgan fingerprint density at radius 1 is 1.06 bits per heavy atom. The molecule has 0 radical (unpaired) electrons. The summed E-state index contributed by atoms with van der Waals surface area (Å²) in [5, 5.41) is 4.32. The van der Waals surface area contributed by atoms with Gasteiger partial charge in [-0.25, -0.2) is 19.3 Å². The molecule has 0 aliphatic carbocycles. The Bertz CT molecular complexity index is 1060. The van der Waals surface area contributed by atoms with Crippen molar-refractivity contribution in [1.29, 1.82) is 0 Å². The number of allylic oxidation sites excluding steroid dienone is 3. The Morgan fingerprint density at radius 3 is 2.47 bits per heavy atom. The number of nitrogens with one attached hydrogen (secondary N) is 1. The van der Waals surface area contributed by atoms with E-state index < -0.39 is 0 Å². The first kappa shape index (κ1) is 25.5. The summed E-state index contributed by atoms with van der Waals surface area (Å²) in [4.78, 5) is 19.9. The molecule has 3 aromatic heterocycles. The molecule has 3 heterocycles. The molecule has 32 heavy (non-hydrogen) atoms. The second kappa shape index (κ2) is 12.9. The van der Waals surface area contributed by atoms with E-state index in [0.717, 1.165) is 23.8 Å². The van der Waals surface area contributed by atoms with Crippen LogP contribution in [0.15, 0.2) is 58.9 Å². The van der Waals surface area contributed by atoms with Gasteiger partial charge in [-0.3, -0.25) is 4.98 Å². The number of thioether (sulfide) groups is 1. The Morgan fingerprint density at radius 2 is 1.81 bits per heavy atom. The van der Waals surface area contributed by atoms with Crippen molar-refractivity contribution >= 4 is 28.6 Å². The summed E-state index contributed by atoms with van der Waals surface area (Å²) in [5.74, 6) is 0.343. The van der Waals surface area contributed by atoms with Crippen molar-refractivity contribution in [2.24, 2.45) is 0 Å². The van der Waals surface area contributed by atoms with E-state index in [2.05, 4.69) is 65.1 Å². The molecule has 0 saturated carbocycles. The highest BCUT2D eigenvalue weighted by atomic mass is 32.2. The van der Waals surface area contributed by atoms with Crippen LogP contribution in [0.25, 0.3) is 22.3 Å². The van der Waals surface area contributed by atoms with Gasteiger partial charge in [-0.05, 0) is 49.8 Å². The number of hydrogen-bond donors (Lipinski definition) is 1. The number of fused-ring (bicyclic) bond motifs is 1. The fourth-order valence-electron chi connectivity index (χ4n) is 3.05. The van der Waals surface area contributed by atoms with Crippen molar-refractivity contribution in [3.63, 3.8) is 0 Å². The summed E-state index contributed by atoms with van der Waals surface area (Å²) in [6, 6.07) is 5.04. The SMILES string of the molecule is CC.CC/C=C(/C)S/C(=C/CC)C(C)Nc1ncnc2ncc(-c3ccc(F)cn3)cc12. The summed E-state index contributed by atoms with van der Waals surface area (Å²) in [7, 11) is 0. The standard InChI is InChI=1S/C23H26FN5S.C2H6/c1-5-7-15(3)30-21(8-6-2)16(4)29-23-19-11-17(12-26-22(19)27-14-28-23)20-10-9-18(24)13-25-20;1-2/h7-14,16H,5-6H2,1-4H3,(H,26,27,28,29);1-2H3/b15-7-,21-8+;. The molecule has 0 spiro atoms. The molecule has 0 fully saturated rings. The molecule has 170 valence electrons. The molecule has 0 aliphatic heterocycles. The number of nitrogens with zero attached hydrogens (tertiary/aromatic N) is 4. The third-order valence-corrected chi connectivity index (χ3v) is 5.71. The molecular weight excluding hydrogens is 421 g/mol. The van der Waals surface area contributed by atoms with Crippen LogP contribution in [0.4, 0.5) is 10.2 Å². The Labute approximate surface area is 194 Å². The smallest absolute Gasteiger partial charge is 0.164 e. The van der Waals surface area contributed by atoms with Crippen LogP contribution in [0.2, 0.25) is 0 Å². The number of pyridine rings is 2. The van der Waals surface area contributed by atoms with E-state index in [0.29, 0.717) is 17.2 Å². The van der Waals surface area contributed by atoms with Gasteiger partial charge in [0.25, 0.3) is 0 Å². The predicted octanol–water partition coefficient (Wildman–Crippen LogP) is 7.39. The van der Waals surface area contributed by atoms with Gasteiger partial charge >= 0.3 is 0 Å². The number of hydrogen-bond acceptors (Lipinski definition) is 6. The quantitative estimate of drug-likeness (QED) is 0.383. The molecule has 0 saturated heterocycles. The maximum absolute atomic E-state index is 13.2. The zero-order valence-corrected chi connectivity index (χ0v) is 20.5. The molecule has 1 N–H and O–H groups in total. The third kappa shape index (κ3) is 6.85. The lowest BCUT2D eigenvalue weighted by Gasteiger charge is -2.19. The summed E-state index contributed by atoms with van der Waals surface area (Å²) in [6.07, 6.45) is 10.9. The average molecular weight is 454 g/mol. The van der Waals surface area contributed by atoms with E-state index in [1.807, 2.05) is 19.9 Å². The van der Waals surface area contributed by atoms with Crippen molar-refractivity contribution in [3.05, 3.63) is 64.7 Å². The van der Waals surface area contributed by atoms with Crippen LogP contribution in [0, 0.1) is 5.82 Å². The van der Waals surface area contributed by atoms with Crippen LogP contribution in [0.5, 0.6) is 0 Å². The van der Waals surface area contributed by atoms with Crippen molar-refractivity contribution in [2.75, 3.05) is 5.32 Å². The molecular formula is C25H32FN5S. The van der Waals surface area contributed by atoms with E-state index in [-0.39, 0.29) is 11.9 Å². The molecule has 0 aromatic carbocycles. The lowest BCUT2D eigenvalue weighted by Crippen LogP contribution is -2.18. The minimum absolute atomic E-state index is 0.0702. The summed E-state index contributed by atoms with van der Waals surface area (Å²) < 4.78 is 13.2. The number of halogens is 1. The average Bonchev–Trinajstić information content (AvgIpc) is 2.81. The lowest BCUT2D eigenvalue weighted by atomic mass is 10.1. The highest BCUT2D eigenvalue weighted by Gasteiger charge is 2.14. The fraction of sp³-hybridized carbons (Fsp3) is 0.360. The van der Waals surface area contributed by atoms with Crippen molar-refractivity contribution in [1.82, 2.24) is 19.9 Å². The van der Waals surface area contributed by atoms with Gasteiger partial charge in [0.15, 0.2) is 5.65 Å². The van der Waals surface area contributed by atoms with E-state index in [1.54, 1.807) is 24.0 Å². The van der Waals surface area contributed by atoms with Crippen LogP contribution in [-0.2, 0) is 0 Å². The Hall–Kier alpha value is -2.80. The molecule has 0 bridgehead atoms. The van der Waals surface area contributed by atoms with Crippen LogP contribution < -0.4 is 5.32 Å². The molecule has 3 aromatic rings. The van der Waals surface area contributed by atoms with Gasteiger partial charge in [0, 0.05) is 16.7 Å². The Kier molecular flexibility index (Phi) is 10.3. The molecule has 1 atom stereocenters. The minimum atomic E-state index is -0.368. The molecule has 5 nitrogen and oxygen atoms in total.